The van der Waals surface area contributed by atoms with E-state index in [9.17, 15) is 53.5 Å². The molecule has 8 aromatic rings. The zero-order chi connectivity index (χ0) is 56.1. The third kappa shape index (κ3) is 12.2. The lowest BCUT2D eigenvalue weighted by molar-refractivity contribution is -0.132. The number of aryl methyl sites for hydroxylation is 2. The second-order valence-corrected chi connectivity index (χ2v) is 20.7. The van der Waals surface area contributed by atoms with Crippen LogP contribution in [0, 0.1) is 49.0 Å². The molecule has 3 saturated carbocycles. The highest BCUT2D eigenvalue weighted by Gasteiger charge is 2.50. The lowest BCUT2D eigenvalue weighted by atomic mass is 9.91. The van der Waals surface area contributed by atoms with Gasteiger partial charge in [0, 0.05) is 70.3 Å². The van der Waals surface area contributed by atoms with Gasteiger partial charge in [-0.1, -0.05) is 30.8 Å². The molecule has 0 atom stereocenters. The molecule has 4 aromatic heterocycles. The molecule has 3 fully saturated rings. The molecule has 0 unspecified atom stereocenters. The quantitative estimate of drug-likeness (QED) is 0.0644. The molecule has 0 aliphatic heterocycles. The van der Waals surface area contributed by atoms with Crippen molar-refractivity contribution < 1.29 is 53.5 Å². The Balaban J connectivity index is 0.000000178. The van der Waals surface area contributed by atoms with E-state index in [0.717, 1.165) is 78.8 Å². The molecule has 20 heteroatoms. The Bertz CT molecular complexity index is 3680. The van der Waals surface area contributed by atoms with Crippen LogP contribution >= 0.6 is 0 Å². The Labute approximate surface area is 447 Å². The van der Waals surface area contributed by atoms with Gasteiger partial charge in [-0.15, -0.1) is 0 Å². The maximum Gasteiger partial charge on any atom is 0.390 e. The number of hydrogen-bond donors (Lipinski definition) is 2. The number of ketones is 2. The van der Waals surface area contributed by atoms with Gasteiger partial charge >= 0.3 is 12.4 Å². The van der Waals surface area contributed by atoms with Gasteiger partial charge in [-0.3, -0.25) is 9.59 Å². The van der Waals surface area contributed by atoms with Gasteiger partial charge in [-0.25, -0.2) is 36.6 Å². The van der Waals surface area contributed by atoms with E-state index in [1.165, 1.54) is 21.3 Å². The first kappa shape index (κ1) is 54.5. The van der Waals surface area contributed by atoms with E-state index in [1.807, 2.05) is 26.0 Å². The molecule has 4 aromatic carbocycles. The first-order valence-corrected chi connectivity index (χ1v) is 25.8. The van der Waals surface area contributed by atoms with Crippen LogP contribution in [0.15, 0.2) is 104 Å². The van der Waals surface area contributed by atoms with Crippen LogP contribution in [0.2, 0.25) is 0 Å². The van der Waals surface area contributed by atoms with Crippen LogP contribution in [0.3, 0.4) is 0 Å². The number of benzene rings is 4. The van der Waals surface area contributed by atoms with E-state index < -0.39 is 60.4 Å². The van der Waals surface area contributed by atoms with Gasteiger partial charge in [-0.2, -0.15) is 36.5 Å². The molecule has 79 heavy (non-hydrogen) atoms. The molecule has 0 amide bonds. The van der Waals surface area contributed by atoms with Crippen LogP contribution in [0.4, 0.5) is 55.3 Å². The van der Waals surface area contributed by atoms with Crippen LogP contribution in [0.5, 0.6) is 0 Å². The average Bonchev–Trinajstić information content (AvgIpc) is 4.44. The van der Waals surface area contributed by atoms with Crippen molar-refractivity contribution in [2.45, 2.75) is 95.8 Å². The molecule has 4 heterocycles. The molecular formula is C59H52F10N8O2. The lowest BCUT2D eigenvalue weighted by Crippen LogP contribution is -2.18. The summed E-state index contributed by atoms with van der Waals surface area (Å²) in [4.78, 5) is 34.2. The zero-order valence-corrected chi connectivity index (χ0v) is 42.9. The van der Waals surface area contributed by atoms with Crippen LogP contribution < -0.4 is 10.6 Å². The standard InChI is InChI=1S/C30H27F5N4O.C29H25F5N4O/c1-17-12-19(4-6-21(17)26(40)13-18-2-3-18)25-16-37-28-24(36-11-10-30(33,34)35)15-27(38-39(25)28)29(8-9-29)22-14-20(31)5-7-23(22)32;1-16-11-19(5-7-21(16)27(39)12-18-3-4-18)26-15-36-28-25(35-10-9-29(32,33)34)14-24(37-38(26)28)17(2)22-13-20(30)6-8-23(22)31/h4-7,12,14-16,18,36H,2-3,8-11,13H2,1H3;5-8,11,13-15,18,35H,2-4,9-10,12H2,1H3. The molecule has 10 nitrogen and oxygen atoms in total. The number of nitrogens with zero attached hydrogens (tertiary/aromatic N) is 6. The fourth-order valence-electron chi connectivity index (χ4n) is 9.83. The molecule has 11 rings (SSSR count). The van der Waals surface area contributed by atoms with Crippen LogP contribution in [-0.4, -0.2) is 66.2 Å². The van der Waals surface area contributed by atoms with Crippen LogP contribution in [-0.2, 0) is 5.41 Å². The predicted molar refractivity (Wildman–Crippen MR) is 279 cm³/mol. The number of aromatic nitrogens is 6. The van der Waals surface area contributed by atoms with Gasteiger partial charge in [-0.05, 0) is 136 Å². The minimum absolute atomic E-state index is 0.0459. The van der Waals surface area contributed by atoms with E-state index >= 15 is 0 Å². The van der Waals surface area contributed by atoms with Gasteiger partial charge < -0.3 is 10.6 Å². The highest BCUT2D eigenvalue weighted by Crippen LogP contribution is 2.54. The first-order valence-electron chi connectivity index (χ1n) is 25.8. The Morgan fingerprint density at radius 3 is 1.57 bits per heavy atom. The lowest BCUT2D eigenvalue weighted by Gasteiger charge is -2.19. The number of Topliss-reactive ketones (excluding diaryl/α,β-unsaturated/α-hetero) is 2. The van der Waals surface area contributed by atoms with Gasteiger partial charge in [0.1, 0.15) is 23.3 Å². The minimum Gasteiger partial charge on any atom is -0.382 e. The molecule has 0 spiro atoms. The minimum atomic E-state index is -4.37. The van der Waals surface area contributed by atoms with E-state index in [2.05, 4.69) is 32.3 Å². The summed E-state index contributed by atoms with van der Waals surface area (Å²) in [5.41, 5.74) is 6.14. The van der Waals surface area contributed by atoms with E-state index in [0.29, 0.717) is 82.6 Å². The number of anilines is 2. The largest absolute Gasteiger partial charge is 0.390 e. The number of imidazole rings is 2. The second-order valence-electron chi connectivity index (χ2n) is 20.7. The second kappa shape index (κ2) is 21.4. The predicted octanol–water partition coefficient (Wildman–Crippen LogP) is 14.8. The number of hydrogen-bond acceptors (Lipinski definition) is 8. The Hall–Kier alpha value is -7.90. The van der Waals surface area contributed by atoms with E-state index in [-0.39, 0.29) is 51.8 Å². The number of carbonyl (C=O) groups is 2. The summed E-state index contributed by atoms with van der Waals surface area (Å²) in [5.74, 6) is -1.43. The molecule has 3 aliphatic carbocycles. The van der Waals surface area contributed by atoms with Crippen molar-refractivity contribution in [2.75, 3.05) is 23.7 Å². The smallest absolute Gasteiger partial charge is 0.382 e. The average molecular weight is 1100 g/mol. The Kier molecular flexibility index (Phi) is 14.7. The molecule has 2 N–H and O–H groups in total. The van der Waals surface area contributed by atoms with Crippen molar-refractivity contribution in [2.24, 2.45) is 11.8 Å². The van der Waals surface area contributed by atoms with Crippen LogP contribution in [0.25, 0.3) is 39.4 Å². The summed E-state index contributed by atoms with van der Waals surface area (Å²) < 4.78 is 138. The Morgan fingerprint density at radius 2 is 1.09 bits per heavy atom. The molecule has 3 aliphatic rings. The highest BCUT2D eigenvalue weighted by atomic mass is 19.4. The summed E-state index contributed by atoms with van der Waals surface area (Å²) in [6.45, 7) is 6.76. The van der Waals surface area contributed by atoms with Crippen molar-refractivity contribution in [3.05, 3.63) is 172 Å². The molecular weight excluding hydrogens is 1040 g/mol. The topological polar surface area (TPSA) is 119 Å². The first-order chi connectivity index (χ1) is 37.5. The van der Waals surface area contributed by atoms with Gasteiger partial charge in [0.15, 0.2) is 22.9 Å². The summed E-state index contributed by atoms with van der Waals surface area (Å²) in [5, 5.41) is 14.9. The number of fused-ring (bicyclic) bond motifs is 2. The van der Waals surface area contributed by atoms with E-state index in [1.54, 1.807) is 36.5 Å². The third-order valence-corrected chi connectivity index (χ3v) is 14.6. The van der Waals surface area contributed by atoms with Crippen molar-refractivity contribution >= 4 is 39.8 Å². The summed E-state index contributed by atoms with van der Waals surface area (Å²) >= 11 is 0. The third-order valence-electron chi connectivity index (χ3n) is 14.6. The number of rotatable bonds is 18. The molecule has 0 bridgehead atoms. The Morgan fingerprint density at radius 1 is 0.608 bits per heavy atom. The number of carbonyl (C=O) groups excluding carboxylic acids is 2. The summed E-state index contributed by atoms with van der Waals surface area (Å²) in [6, 6.07) is 20.0. The monoisotopic (exact) mass is 1090 g/mol. The number of alkyl halides is 6. The SMILES string of the molecule is C=C(c1cc(NCCC(F)(F)F)c2ncc(-c3ccc(C(=O)CC4CC4)c(C)c3)n2n1)c1cc(F)ccc1F.Cc1cc(-c2cnc3c(NCCC(F)(F)F)cc(C4(c5cc(F)ccc5F)CC4)nn23)ccc1C(=O)CC1CC1. The van der Waals surface area contributed by atoms with Gasteiger partial charge in [0.25, 0.3) is 0 Å². The highest BCUT2D eigenvalue weighted by molar-refractivity contribution is 5.99. The summed E-state index contributed by atoms with van der Waals surface area (Å²) in [6.07, 6.45) is -1.38. The fraction of sp³-hybridized carbons (Fsp3) is 0.322. The van der Waals surface area contributed by atoms with Crippen molar-refractivity contribution in [3.8, 4) is 22.5 Å². The molecule has 0 radical (unpaired) electrons. The van der Waals surface area contributed by atoms with E-state index in [4.69, 9.17) is 5.10 Å². The maximum atomic E-state index is 14.9. The molecule has 0 saturated heterocycles. The van der Waals surface area contributed by atoms with Crippen LogP contribution in [0.1, 0.15) is 119 Å². The zero-order valence-electron chi connectivity index (χ0n) is 42.9. The number of nitrogens with one attached hydrogen (secondary N) is 2. The fourth-order valence-corrected chi connectivity index (χ4v) is 9.83. The maximum absolute atomic E-state index is 14.9. The van der Waals surface area contributed by atoms with Crippen molar-refractivity contribution in [1.82, 2.24) is 29.2 Å². The molecule has 410 valence electrons. The van der Waals surface area contributed by atoms with Crippen molar-refractivity contribution in [1.29, 1.82) is 0 Å². The number of halogens is 10. The summed E-state index contributed by atoms with van der Waals surface area (Å²) in [7, 11) is 0. The normalized spacial score (nSPS) is 15.0. The van der Waals surface area contributed by atoms with Crippen molar-refractivity contribution in [3.63, 3.8) is 0 Å². The van der Waals surface area contributed by atoms with Gasteiger partial charge in [0.2, 0.25) is 0 Å². The van der Waals surface area contributed by atoms with Gasteiger partial charge in [0.05, 0.1) is 59.4 Å².